The van der Waals surface area contributed by atoms with Crippen molar-refractivity contribution >= 4 is 28.4 Å². The topological polar surface area (TPSA) is 91.8 Å². The lowest BCUT2D eigenvalue weighted by Gasteiger charge is -2.36. The molecule has 0 saturated carbocycles. The number of hydrogen-bond acceptors (Lipinski definition) is 5. The standard InChI is InChI=1S/C24H23N3O4/c28-21-14-27(24(30)20-8-5-15-3-1-2-4-18(15)25-20)12-11-22(21)31-17-7-9-19-16(13-17)6-10-23(29)26-19/h1-5,7-9,13,21-22,28H,6,10-12,14H2,(H,26,29)/t21-,22-/m1/s1. The highest BCUT2D eigenvalue weighted by atomic mass is 16.5. The van der Waals surface area contributed by atoms with Gasteiger partial charge in [0.2, 0.25) is 5.91 Å². The fourth-order valence-electron chi connectivity index (χ4n) is 4.19. The summed E-state index contributed by atoms with van der Waals surface area (Å²) in [6.07, 6.45) is 0.460. The van der Waals surface area contributed by atoms with Gasteiger partial charge in [-0.05, 0) is 42.3 Å². The number of para-hydroxylation sites is 1. The first kappa shape index (κ1) is 19.5. The molecule has 0 radical (unpaired) electrons. The molecule has 1 aromatic heterocycles. The Morgan fingerprint density at radius 2 is 2.00 bits per heavy atom. The van der Waals surface area contributed by atoms with Gasteiger partial charge in [-0.3, -0.25) is 9.59 Å². The maximum absolute atomic E-state index is 12.9. The minimum absolute atomic E-state index is 0.0227. The number of likely N-dealkylation sites (tertiary alicyclic amines) is 1. The van der Waals surface area contributed by atoms with E-state index < -0.39 is 12.2 Å². The van der Waals surface area contributed by atoms with Crippen LogP contribution >= 0.6 is 0 Å². The number of aliphatic hydroxyl groups excluding tert-OH is 1. The van der Waals surface area contributed by atoms with E-state index in [1.807, 2.05) is 42.5 Å². The van der Waals surface area contributed by atoms with Gasteiger partial charge in [0.1, 0.15) is 23.7 Å². The van der Waals surface area contributed by atoms with Crippen LogP contribution in [0.5, 0.6) is 5.75 Å². The number of rotatable bonds is 3. The van der Waals surface area contributed by atoms with Gasteiger partial charge in [-0.15, -0.1) is 0 Å². The van der Waals surface area contributed by atoms with Crippen LogP contribution < -0.4 is 10.1 Å². The minimum Gasteiger partial charge on any atom is -0.488 e. The molecule has 2 aliphatic heterocycles. The molecule has 7 nitrogen and oxygen atoms in total. The maximum Gasteiger partial charge on any atom is 0.272 e. The predicted molar refractivity (Wildman–Crippen MR) is 116 cm³/mol. The van der Waals surface area contributed by atoms with E-state index in [0.717, 1.165) is 22.2 Å². The number of anilines is 1. The number of carbonyl (C=O) groups is 2. The summed E-state index contributed by atoms with van der Waals surface area (Å²) in [5.74, 6) is 0.497. The number of nitrogens with zero attached hydrogens (tertiary/aromatic N) is 2. The molecular formula is C24H23N3O4. The van der Waals surface area contributed by atoms with Crippen molar-refractivity contribution in [3.63, 3.8) is 0 Å². The van der Waals surface area contributed by atoms with E-state index in [1.165, 1.54) is 0 Å². The summed E-state index contributed by atoms with van der Waals surface area (Å²) < 4.78 is 6.04. The number of amides is 2. The Bertz CT molecular complexity index is 1160. The summed E-state index contributed by atoms with van der Waals surface area (Å²) in [6.45, 7) is 0.676. The van der Waals surface area contributed by atoms with Crippen molar-refractivity contribution in [2.24, 2.45) is 0 Å². The van der Waals surface area contributed by atoms with Gasteiger partial charge in [-0.1, -0.05) is 24.3 Å². The van der Waals surface area contributed by atoms with Crippen molar-refractivity contribution < 1.29 is 19.4 Å². The van der Waals surface area contributed by atoms with Crippen LogP contribution in [0.4, 0.5) is 5.69 Å². The maximum atomic E-state index is 12.9. The number of piperidine rings is 1. The Hall–Kier alpha value is -3.45. The molecule has 5 rings (SSSR count). The van der Waals surface area contributed by atoms with Gasteiger partial charge >= 0.3 is 0 Å². The number of aryl methyl sites for hydroxylation is 1. The molecule has 3 aromatic rings. The summed E-state index contributed by atoms with van der Waals surface area (Å²) in [7, 11) is 0. The fourth-order valence-corrected chi connectivity index (χ4v) is 4.19. The molecule has 0 spiro atoms. The van der Waals surface area contributed by atoms with Crippen molar-refractivity contribution in [1.82, 2.24) is 9.88 Å². The van der Waals surface area contributed by atoms with Crippen LogP contribution in [-0.4, -0.2) is 52.1 Å². The van der Waals surface area contributed by atoms with Gasteiger partial charge in [0, 0.05) is 30.5 Å². The van der Waals surface area contributed by atoms with Crippen molar-refractivity contribution in [2.75, 3.05) is 18.4 Å². The van der Waals surface area contributed by atoms with Crippen LogP contribution in [0, 0.1) is 0 Å². The molecular weight excluding hydrogens is 394 g/mol. The van der Waals surface area contributed by atoms with Gasteiger partial charge in [0.05, 0.1) is 12.1 Å². The van der Waals surface area contributed by atoms with Crippen molar-refractivity contribution in [3.05, 3.63) is 65.9 Å². The molecule has 1 saturated heterocycles. The SMILES string of the molecule is O=C1CCc2cc(O[C@@H]3CCN(C(=O)c4ccc5ccccc5n4)C[C@H]3O)ccc2N1. The smallest absolute Gasteiger partial charge is 0.272 e. The van der Waals surface area contributed by atoms with E-state index in [1.54, 1.807) is 17.0 Å². The molecule has 31 heavy (non-hydrogen) atoms. The summed E-state index contributed by atoms with van der Waals surface area (Å²) in [5, 5.41) is 14.5. The number of pyridine rings is 1. The molecule has 1 fully saturated rings. The van der Waals surface area contributed by atoms with E-state index in [-0.39, 0.29) is 18.4 Å². The molecule has 158 valence electrons. The van der Waals surface area contributed by atoms with E-state index in [9.17, 15) is 14.7 Å². The average Bonchev–Trinajstić information content (AvgIpc) is 2.79. The second-order valence-corrected chi connectivity index (χ2v) is 8.02. The van der Waals surface area contributed by atoms with Crippen LogP contribution in [0.25, 0.3) is 10.9 Å². The molecule has 2 atom stereocenters. The summed E-state index contributed by atoms with van der Waals surface area (Å²) in [5.41, 5.74) is 2.99. The zero-order valence-electron chi connectivity index (χ0n) is 17.0. The zero-order valence-corrected chi connectivity index (χ0v) is 17.0. The summed E-state index contributed by atoms with van der Waals surface area (Å²) in [6, 6.07) is 16.8. The highest BCUT2D eigenvalue weighted by Crippen LogP contribution is 2.29. The second-order valence-electron chi connectivity index (χ2n) is 8.02. The number of benzene rings is 2. The quantitative estimate of drug-likeness (QED) is 0.684. The number of hydrogen-bond donors (Lipinski definition) is 2. The van der Waals surface area contributed by atoms with Crippen LogP contribution in [0.15, 0.2) is 54.6 Å². The number of nitrogens with one attached hydrogen (secondary N) is 1. The van der Waals surface area contributed by atoms with Gasteiger partial charge in [-0.2, -0.15) is 0 Å². The molecule has 0 bridgehead atoms. The zero-order chi connectivity index (χ0) is 21.4. The Morgan fingerprint density at radius 3 is 2.87 bits per heavy atom. The number of aliphatic hydroxyl groups is 1. The third-order valence-electron chi connectivity index (χ3n) is 5.88. The Labute approximate surface area is 179 Å². The van der Waals surface area contributed by atoms with E-state index in [4.69, 9.17) is 4.74 Å². The third-order valence-corrected chi connectivity index (χ3v) is 5.88. The lowest BCUT2D eigenvalue weighted by atomic mass is 10.0. The Balaban J connectivity index is 1.25. The first-order valence-electron chi connectivity index (χ1n) is 10.5. The molecule has 2 amide bonds. The molecule has 2 aliphatic rings. The van der Waals surface area contributed by atoms with Crippen molar-refractivity contribution in [1.29, 1.82) is 0 Å². The number of carbonyl (C=O) groups excluding carboxylic acids is 2. The monoisotopic (exact) mass is 417 g/mol. The van der Waals surface area contributed by atoms with Crippen molar-refractivity contribution in [2.45, 2.75) is 31.5 Å². The molecule has 7 heteroatoms. The van der Waals surface area contributed by atoms with Gasteiger partial charge < -0.3 is 20.1 Å². The van der Waals surface area contributed by atoms with E-state index >= 15 is 0 Å². The van der Waals surface area contributed by atoms with Gasteiger partial charge in [-0.25, -0.2) is 4.98 Å². The van der Waals surface area contributed by atoms with E-state index in [0.29, 0.717) is 37.3 Å². The summed E-state index contributed by atoms with van der Waals surface area (Å²) in [4.78, 5) is 30.5. The third kappa shape index (κ3) is 3.96. The predicted octanol–water partition coefficient (Wildman–Crippen LogP) is 2.77. The number of ether oxygens (including phenoxy) is 1. The van der Waals surface area contributed by atoms with Crippen LogP contribution in [0.2, 0.25) is 0 Å². The molecule has 0 unspecified atom stereocenters. The first-order chi connectivity index (χ1) is 15.1. The highest BCUT2D eigenvalue weighted by Gasteiger charge is 2.32. The van der Waals surface area contributed by atoms with Crippen LogP contribution in [0.3, 0.4) is 0 Å². The number of fused-ring (bicyclic) bond motifs is 2. The fraction of sp³-hybridized carbons (Fsp3) is 0.292. The lowest BCUT2D eigenvalue weighted by Crippen LogP contribution is -2.51. The Morgan fingerprint density at radius 1 is 1.13 bits per heavy atom. The Kier molecular flexibility index (Phi) is 5.03. The summed E-state index contributed by atoms with van der Waals surface area (Å²) >= 11 is 0. The largest absolute Gasteiger partial charge is 0.488 e. The minimum atomic E-state index is -0.797. The second kappa shape index (κ2) is 8.00. The van der Waals surface area contributed by atoms with Gasteiger partial charge in [0.25, 0.3) is 5.91 Å². The molecule has 3 heterocycles. The normalized spacial score (nSPS) is 20.8. The molecule has 2 N–H and O–H groups in total. The molecule has 2 aromatic carbocycles. The molecule has 0 aliphatic carbocycles. The van der Waals surface area contributed by atoms with E-state index in [2.05, 4.69) is 10.3 Å². The number of aromatic nitrogens is 1. The average molecular weight is 417 g/mol. The van der Waals surface area contributed by atoms with Gasteiger partial charge in [0.15, 0.2) is 0 Å². The van der Waals surface area contributed by atoms with Crippen LogP contribution in [-0.2, 0) is 11.2 Å². The number of β-amino-alcohol motifs (C(OH)–C–C–N with tert-alkyl or cyclic N) is 1. The highest BCUT2D eigenvalue weighted by molar-refractivity contribution is 5.95. The van der Waals surface area contributed by atoms with Crippen molar-refractivity contribution in [3.8, 4) is 5.75 Å². The van der Waals surface area contributed by atoms with Crippen LogP contribution in [0.1, 0.15) is 28.9 Å². The lowest BCUT2D eigenvalue weighted by molar-refractivity contribution is -0.116. The first-order valence-corrected chi connectivity index (χ1v) is 10.5.